The molecule has 1 aromatic heterocycles. The van der Waals surface area contributed by atoms with Gasteiger partial charge in [-0.1, -0.05) is 45.9 Å². The van der Waals surface area contributed by atoms with E-state index in [9.17, 15) is 62.6 Å². The van der Waals surface area contributed by atoms with Gasteiger partial charge in [0, 0.05) is 48.1 Å². The molecule has 3 rings (SSSR count). The number of carbonyl (C=O) groups excluding carboxylic acids is 11. The highest BCUT2D eigenvalue weighted by Gasteiger charge is 2.41. The zero-order chi connectivity index (χ0) is 67.2. The summed E-state index contributed by atoms with van der Waals surface area (Å²) in [5.74, 6) is -10.4. The average molecular weight is 1320 g/mol. The number of carbonyl (C=O) groups is 12. The maximum atomic E-state index is 14.4. The van der Waals surface area contributed by atoms with Crippen LogP contribution in [-0.2, 0) is 64.0 Å². The number of fused-ring (bicyclic) bond motifs is 1. The number of H-pyrrole nitrogens is 1. The minimum Gasteiger partial charge on any atom is -0.480 e. The van der Waals surface area contributed by atoms with Gasteiger partial charge in [-0.25, -0.2) is 4.79 Å². The number of aromatic amines is 1. The van der Waals surface area contributed by atoms with Crippen molar-refractivity contribution in [3.63, 3.8) is 0 Å². The molecule has 0 aliphatic carbocycles. The summed E-state index contributed by atoms with van der Waals surface area (Å²) in [6.07, 6.45) is 5.42. The monoisotopic (exact) mass is 1320 g/mol. The van der Waals surface area contributed by atoms with Crippen molar-refractivity contribution >= 4 is 125 Å². The number of rotatable bonds is 40. The molecule has 33 heteroatoms. The first kappa shape index (κ1) is 76.9. The molecule has 0 saturated carbocycles. The van der Waals surface area contributed by atoms with E-state index in [4.69, 9.17) is 22.9 Å². The van der Waals surface area contributed by atoms with Crippen LogP contribution in [0.15, 0.2) is 35.5 Å². The summed E-state index contributed by atoms with van der Waals surface area (Å²) in [5.41, 5.74) is 23.7. The highest BCUT2D eigenvalue weighted by molar-refractivity contribution is 7.98. The fourth-order valence-electron chi connectivity index (χ4n) is 9.53. The lowest BCUT2D eigenvalue weighted by Gasteiger charge is -2.32. The Labute approximate surface area is 539 Å². The first-order chi connectivity index (χ1) is 42.6. The number of aliphatic carboxylic acids is 1. The number of nitrogens with two attached hydrogens (primary N) is 4. The molecule has 1 saturated heterocycles. The fraction of sp³-hybridized carbons (Fsp3) is 0.632. The molecule has 0 radical (unpaired) electrons. The molecule has 20 N–H and O–H groups in total. The molecule has 1 fully saturated rings. The van der Waals surface area contributed by atoms with Gasteiger partial charge in [-0.2, -0.15) is 37.0 Å². The molecule has 502 valence electrons. The van der Waals surface area contributed by atoms with Crippen LogP contribution < -0.4 is 76.1 Å². The molecule has 11 amide bonds. The Balaban J connectivity index is 1.81. The number of hydrogen-bond donors (Lipinski definition) is 18. The van der Waals surface area contributed by atoms with Gasteiger partial charge in [-0.15, -0.1) is 0 Å². The number of nitrogens with one attached hydrogen (secondary N) is 11. The molecule has 90 heavy (non-hydrogen) atoms. The second kappa shape index (κ2) is 39.7. The van der Waals surface area contributed by atoms with E-state index in [1.165, 1.54) is 23.6 Å². The molecule has 10 atom stereocenters. The lowest BCUT2D eigenvalue weighted by atomic mass is 10.0. The third kappa shape index (κ3) is 25.9. The highest BCUT2D eigenvalue weighted by Crippen LogP contribution is 2.23. The molecule has 1 aliphatic rings. The normalized spacial score (nSPS) is 15.9. The van der Waals surface area contributed by atoms with Gasteiger partial charge in [0.15, 0.2) is 5.96 Å². The van der Waals surface area contributed by atoms with E-state index in [2.05, 4.69) is 88.4 Å². The van der Waals surface area contributed by atoms with Gasteiger partial charge in [0.25, 0.3) is 0 Å². The Bertz CT molecular complexity index is 2800. The van der Waals surface area contributed by atoms with Crippen molar-refractivity contribution < 1.29 is 62.6 Å². The van der Waals surface area contributed by atoms with Gasteiger partial charge in [-0.05, 0) is 107 Å². The van der Waals surface area contributed by atoms with Crippen LogP contribution in [0.1, 0.15) is 98.0 Å². The van der Waals surface area contributed by atoms with Crippen LogP contribution >= 0.6 is 37.0 Å². The number of aliphatic imine (C=N–C) groups is 1. The SMILES string of the molecule is CSCC[C@H](NC(=O)[C@H](C)N)C(=O)N[C@@H](CS)C(=O)N[C@H](C(=O)N1CCC[C@H]1C(=O)N[C@@H](CCCN=C(N)N)C(=O)N[C@@H](CS)C(=O)N[C@@H](CC(C)C)C(=O)N[C@@H](Cc1c[nH]c2ccccc12)C(=O)NCC(=O)NCC(=O)N[C@@H](CCCCN)C(=O)O)C(C)C. The summed E-state index contributed by atoms with van der Waals surface area (Å²) in [6, 6.07) is -4.91. The Kier molecular flexibility index (Phi) is 33.9. The molecule has 0 spiro atoms. The quantitative estimate of drug-likeness (QED) is 0.0135. The lowest BCUT2D eigenvalue weighted by molar-refractivity contribution is -0.143. The van der Waals surface area contributed by atoms with Gasteiger partial charge in [-0.3, -0.25) is 57.7 Å². The minimum absolute atomic E-state index is 0.0368. The number of amides is 11. The molecule has 0 unspecified atom stereocenters. The number of aromatic nitrogens is 1. The molecule has 2 aromatic rings. The van der Waals surface area contributed by atoms with E-state index >= 15 is 0 Å². The molecular formula is C57H93N17O13S3. The van der Waals surface area contributed by atoms with Gasteiger partial charge in [0.1, 0.15) is 54.4 Å². The molecule has 1 aromatic carbocycles. The number of thiol groups is 2. The first-order valence-electron chi connectivity index (χ1n) is 29.9. The number of unbranched alkanes of at least 4 members (excludes halogenated alkanes) is 1. The third-order valence-corrected chi connectivity index (χ3v) is 15.8. The summed E-state index contributed by atoms with van der Waals surface area (Å²) >= 11 is 10.1. The van der Waals surface area contributed by atoms with Gasteiger partial charge in [0.2, 0.25) is 65.0 Å². The summed E-state index contributed by atoms with van der Waals surface area (Å²) in [6.45, 7) is 7.66. The minimum atomic E-state index is -1.42. The number of carboxylic acids is 1. The zero-order valence-electron chi connectivity index (χ0n) is 51.9. The Morgan fingerprint density at radius 3 is 1.83 bits per heavy atom. The number of guanidine groups is 1. The molecule has 0 bridgehead atoms. The van der Waals surface area contributed by atoms with Crippen molar-refractivity contribution in [2.75, 3.05) is 56.2 Å². The first-order valence-corrected chi connectivity index (χ1v) is 32.6. The second-order valence-corrected chi connectivity index (χ2v) is 24.3. The average Bonchev–Trinajstić information content (AvgIpc) is 2.62. The smallest absolute Gasteiger partial charge is 0.326 e. The largest absolute Gasteiger partial charge is 0.480 e. The van der Waals surface area contributed by atoms with Crippen LogP contribution in [0.5, 0.6) is 0 Å². The van der Waals surface area contributed by atoms with E-state index < -0.39 is 150 Å². The lowest BCUT2D eigenvalue weighted by Crippen LogP contribution is -2.61. The van der Waals surface area contributed by atoms with Crippen molar-refractivity contribution in [2.24, 2.45) is 39.8 Å². The summed E-state index contributed by atoms with van der Waals surface area (Å²) in [5, 5.41) is 36.1. The van der Waals surface area contributed by atoms with Crippen LogP contribution in [-0.4, -0.2) is 209 Å². The van der Waals surface area contributed by atoms with Crippen LogP contribution in [0.2, 0.25) is 0 Å². The predicted molar refractivity (Wildman–Crippen MR) is 347 cm³/mol. The molecule has 30 nitrogen and oxygen atoms in total. The van der Waals surface area contributed by atoms with Crippen molar-refractivity contribution in [1.82, 2.24) is 63.1 Å². The number of likely N-dealkylation sites (tertiary alicyclic amines) is 1. The van der Waals surface area contributed by atoms with E-state index in [1.807, 2.05) is 12.3 Å². The van der Waals surface area contributed by atoms with Crippen molar-refractivity contribution in [2.45, 2.75) is 159 Å². The topological polar surface area (TPSA) is 481 Å². The number of benzene rings is 1. The number of thioether (sulfide) groups is 1. The predicted octanol–water partition coefficient (Wildman–Crippen LogP) is -3.26. The molecule has 2 heterocycles. The van der Waals surface area contributed by atoms with Crippen LogP contribution in [0.3, 0.4) is 0 Å². The summed E-state index contributed by atoms with van der Waals surface area (Å²) < 4.78 is 0. The molecule has 1 aliphatic heterocycles. The van der Waals surface area contributed by atoms with Crippen molar-refractivity contribution in [3.8, 4) is 0 Å². The number of nitrogens with zero attached hydrogens (tertiary/aromatic N) is 2. The maximum Gasteiger partial charge on any atom is 0.326 e. The number of para-hydroxylation sites is 1. The zero-order valence-corrected chi connectivity index (χ0v) is 54.5. The maximum absolute atomic E-state index is 14.4. The van der Waals surface area contributed by atoms with E-state index in [-0.39, 0.29) is 81.4 Å². The third-order valence-electron chi connectivity index (χ3n) is 14.5. The standard InChI is InChI=1S/C57H93N17O13S3/c1-30(2)23-39(51(81)70-40(24-33-25-63-35-14-8-7-13-34(33)35)48(78)65-26-44(75)64-27-45(76)66-38(56(86)87)15-9-10-19-58)69-52(82)41(28-88)71-49(79)36(16-11-20-62-57(60)61)68-54(84)43-17-12-21-74(43)55(85)46(31(3)4)73-53(83)42(29-89)72-50(80)37(18-22-90-6)67-47(77)32(5)59/h7-8,13-14,25,30-32,36-43,46,63,88-89H,9-12,15-24,26-29,58-59H2,1-6H3,(H,64,75)(H,65,78)(H,66,76)(H,67,77)(H,68,84)(H,69,82)(H,70,81)(H,71,79)(H,72,80)(H,73,83)(H,86,87)(H4,60,61,62)/t32-,36-,37-,38-,39-,40-,41-,42-,43-,46-/m0/s1. The van der Waals surface area contributed by atoms with Gasteiger partial charge < -0.3 is 91.1 Å². The van der Waals surface area contributed by atoms with E-state index in [0.29, 0.717) is 37.1 Å². The van der Waals surface area contributed by atoms with Gasteiger partial charge >= 0.3 is 5.97 Å². The van der Waals surface area contributed by atoms with Gasteiger partial charge in [0.05, 0.1) is 19.1 Å². The summed E-state index contributed by atoms with van der Waals surface area (Å²) in [4.78, 5) is 171. The van der Waals surface area contributed by atoms with Crippen molar-refractivity contribution in [1.29, 1.82) is 0 Å². The fourth-order valence-corrected chi connectivity index (χ4v) is 10.5. The summed E-state index contributed by atoms with van der Waals surface area (Å²) in [7, 11) is 0. The van der Waals surface area contributed by atoms with Crippen LogP contribution in [0.4, 0.5) is 0 Å². The Morgan fingerprint density at radius 2 is 1.24 bits per heavy atom. The van der Waals surface area contributed by atoms with E-state index in [0.717, 1.165) is 10.9 Å². The Morgan fingerprint density at radius 1 is 0.678 bits per heavy atom. The Hall–Kier alpha value is -7.36. The number of hydrogen-bond acceptors (Lipinski definition) is 18. The molecular weight excluding hydrogens is 1230 g/mol. The van der Waals surface area contributed by atoms with Crippen LogP contribution in [0, 0.1) is 11.8 Å². The van der Waals surface area contributed by atoms with Crippen LogP contribution in [0.25, 0.3) is 10.9 Å². The van der Waals surface area contributed by atoms with E-state index in [1.54, 1.807) is 52.1 Å². The van der Waals surface area contributed by atoms with Crippen molar-refractivity contribution in [3.05, 3.63) is 36.0 Å². The second-order valence-electron chi connectivity index (χ2n) is 22.6. The highest BCUT2D eigenvalue weighted by atomic mass is 32.2. The number of carboxylic acid groups (broad SMARTS) is 1.